The van der Waals surface area contributed by atoms with Crippen molar-refractivity contribution in [3.05, 3.63) is 55.8 Å². The van der Waals surface area contributed by atoms with Gasteiger partial charge in [0.25, 0.3) is 11.5 Å². The van der Waals surface area contributed by atoms with Crippen LogP contribution in [0.5, 0.6) is 0 Å². The molecular weight excluding hydrogens is 416 g/mol. The van der Waals surface area contributed by atoms with Gasteiger partial charge in [0.2, 0.25) is 0 Å². The zero-order chi connectivity index (χ0) is 21.8. The summed E-state index contributed by atoms with van der Waals surface area (Å²) in [6.07, 6.45) is 2.26. The van der Waals surface area contributed by atoms with Crippen molar-refractivity contribution in [2.24, 2.45) is 5.92 Å². The summed E-state index contributed by atoms with van der Waals surface area (Å²) in [5.41, 5.74) is -1.39. The summed E-state index contributed by atoms with van der Waals surface area (Å²) in [7, 11) is 0. The average Bonchev–Trinajstić information content (AvgIpc) is 3.26. The highest BCUT2D eigenvalue weighted by atomic mass is 35.5. The molecule has 162 valence electrons. The van der Waals surface area contributed by atoms with Crippen LogP contribution in [0.1, 0.15) is 36.0 Å². The van der Waals surface area contributed by atoms with Gasteiger partial charge >= 0.3 is 5.69 Å². The largest absolute Gasteiger partial charge is 0.394 e. The first kappa shape index (κ1) is 22.2. The summed E-state index contributed by atoms with van der Waals surface area (Å²) >= 11 is 6.14. The first-order valence-electron chi connectivity index (χ1n) is 9.58. The number of nitrogens with one attached hydrogen (secondary N) is 1. The zero-order valence-corrected chi connectivity index (χ0v) is 16.8. The van der Waals surface area contributed by atoms with Crippen LogP contribution < -0.4 is 16.6 Å². The quantitative estimate of drug-likeness (QED) is 0.431. The first-order valence-corrected chi connectivity index (χ1v) is 9.96. The second kappa shape index (κ2) is 9.52. The van der Waals surface area contributed by atoms with Gasteiger partial charge in [0.1, 0.15) is 12.4 Å². The van der Waals surface area contributed by atoms with E-state index in [1.165, 1.54) is 18.2 Å². The topological polar surface area (TPSA) is 147 Å². The van der Waals surface area contributed by atoms with Gasteiger partial charge in [-0.1, -0.05) is 24.4 Å². The molecule has 1 aliphatic carbocycles. The van der Waals surface area contributed by atoms with Crippen molar-refractivity contribution in [1.29, 1.82) is 0 Å². The third kappa shape index (κ3) is 4.78. The molecular formula is C19H23ClN4O6. The van der Waals surface area contributed by atoms with Crippen LogP contribution in [0.15, 0.2) is 34.0 Å². The Kier molecular flexibility index (Phi) is 7.03. The van der Waals surface area contributed by atoms with Gasteiger partial charge in [-0.05, 0) is 31.0 Å². The molecule has 2 atom stereocenters. The predicted molar refractivity (Wildman–Crippen MR) is 108 cm³/mol. The van der Waals surface area contributed by atoms with Gasteiger partial charge in [-0.25, -0.2) is 4.79 Å². The fourth-order valence-corrected chi connectivity index (χ4v) is 3.67. The molecule has 1 aromatic carbocycles. The highest BCUT2D eigenvalue weighted by molar-refractivity contribution is 6.33. The molecule has 1 heterocycles. The Bertz CT molecular complexity index is 1030. The van der Waals surface area contributed by atoms with Gasteiger partial charge < -0.3 is 20.6 Å². The molecule has 0 spiro atoms. The van der Waals surface area contributed by atoms with Crippen molar-refractivity contribution < 1.29 is 20.1 Å². The van der Waals surface area contributed by atoms with Gasteiger partial charge in [0.05, 0.1) is 35.5 Å². The number of rotatable bonds is 7. The number of nitrogens with zero attached hydrogens (tertiary/aromatic N) is 3. The van der Waals surface area contributed by atoms with Crippen molar-refractivity contribution in [3.8, 4) is 5.69 Å². The molecule has 10 nitrogen and oxygen atoms in total. The fourth-order valence-electron chi connectivity index (χ4n) is 3.47. The lowest BCUT2D eigenvalue weighted by molar-refractivity contribution is 0.0588. The van der Waals surface area contributed by atoms with Crippen molar-refractivity contribution in [3.63, 3.8) is 0 Å². The lowest BCUT2D eigenvalue weighted by atomic mass is 10.1. The monoisotopic (exact) mass is 438 g/mol. The van der Waals surface area contributed by atoms with Crippen LogP contribution in [0.4, 0.5) is 0 Å². The van der Waals surface area contributed by atoms with E-state index < -0.39 is 42.6 Å². The molecule has 0 bridgehead atoms. The van der Waals surface area contributed by atoms with Crippen LogP contribution in [0.3, 0.4) is 0 Å². The number of hydrogen-bond acceptors (Lipinski definition) is 7. The van der Waals surface area contributed by atoms with Gasteiger partial charge in [-0.15, -0.1) is 0 Å². The normalized spacial score (nSPS) is 16.4. The number of carbonyl (C=O) groups is 1. The van der Waals surface area contributed by atoms with E-state index in [-0.39, 0.29) is 22.2 Å². The number of benzene rings is 1. The van der Waals surface area contributed by atoms with E-state index in [1.807, 2.05) is 0 Å². The minimum Gasteiger partial charge on any atom is -0.394 e. The molecule has 3 rings (SSSR count). The molecule has 1 fully saturated rings. The number of aliphatic hydroxyl groups excluding tert-OH is 3. The van der Waals surface area contributed by atoms with Crippen LogP contribution in [-0.4, -0.2) is 54.5 Å². The van der Waals surface area contributed by atoms with Gasteiger partial charge in [-0.3, -0.25) is 14.2 Å². The Hall–Kier alpha value is -2.53. The smallest absolute Gasteiger partial charge is 0.352 e. The van der Waals surface area contributed by atoms with E-state index >= 15 is 0 Å². The lowest BCUT2D eigenvalue weighted by Crippen LogP contribution is -2.43. The number of aliphatic hydroxyl groups is 3. The molecule has 1 saturated carbocycles. The summed E-state index contributed by atoms with van der Waals surface area (Å²) in [4.78, 5) is 37.2. The Morgan fingerprint density at radius 2 is 1.97 bits per heavy atom. The molecule has 2 aromatic rings. The van der Waals surface area contributed by atoms with Crippen molar-refractivity contribution in [1.82, 2.24) is 19.7 Å². The molecule has 1 amide bonds. The minimum atomic E-state index is -1.30. The summed E-state index contributed by atoms with van der Waals surface area (Å²) < 4.78 is 1.61. The van der Waals surface area contributed by atoms with E-state index in [0.29, 0.717) is 0 Å². The summed E-state index contributed by atoms with van der Waals surface area (Å²) in [6.45, 7) is -1.03. The maximum absolute atomic E-state index is 12.7. The zero-order valence-electron chi connectivity index (χ0n) is 16.1. The summed E-state index contributed by atoms with van der Waals surface area (Å²) in [5, 5.41) is 35.3. The molecule has 4 N–H and O–H groups in total. The Labute approximate surface area is 176 Å². The number of amides is 1. The summed E-state index contributed by atoms with van der Waals surface area (Å²) in [6, 6.07) is 4.17. The number of carbonyl (C=O) groups excluding carboxylic acids is 1. The second-order valence-corrected chi connectivity index (χ2v) is 7.66. The van der Waals surface area contributed by atoms with Gasteiger partial charge in [0, 0.05) is 5.92 Å². The Morgan fingerprint density at radius 3 is 2.63 bits per heavy atom. The van der Waals surface area contributed by atoms with Crippen molar-refractivity contribution in [2.75, 3.05) is 6.61 Å². The highest BCUT2D eigenvalue weighted by Gasteiger charge is 2.25. The lowest BCUT2D eigenvalue weighted by Gasteiger charge is -2.19. The van der Waals surface area contributed by atoms with Crippen LogP contribution in [0.2, 0.25) is 5.02 Å². The van der Waals surface area contributed by atoms with Crippen LogP contribution in [0, 0.1) is 5.92 Å². The molecule has 11 heteroatoms. The molecule has 0 radical (unpaired) electrons. The molecule has 1 aromatic heterocycles. The second-order valence-electron chi connectivity index (χ2n) is 7.25. The number of aromatic nitrogens is 3. The number of halogens is 1. The van der Waals surface area contributed by atoms with E-state index in [1.54, 1.807) is 0 Å². The van der Waals surface area contributed by atoms with E-state index in [0.717, 1.165) is 41.1 Å². The molecule has 0 aliphatic heterocycles. The molecule has 1 aliphatic rings. The van der Waals surface area contributed by atoms with Crippen molar-refractivity contribution in [2.45, 2.75) is 44.6 Å². The Balaban J connectivity index is 1.91. The van der Waals surface area contributed by atoms with Crippen LogP contribution >= 0.6 is 11.6 Å². The van der Waals surface area contributed by atoms with Crippen LogP contribution in [-0.2, 0) is 6.54 Å². The SMILES string of the molecule is O=C(NC(O)C1CCCC1)c1cc(-n2ncc(=O)n(CC(O)CO)c2=O)ccc1Cl. The van der Waals surface area contributed by atoms with E-state index in [2.05, 4.69) is 10.4 Å². The Morgan fingerprint density at radius 1 is 1.27 bits per heavy atom. The third-order valence-corrected chi connectivity index (χ3v) is 5.46. The maximum atomic E-state index is 12.7. The van der Waals surface area contributed by atoms with Crippen molar-refractivity contribution >= 4 is 17.5 Å². The van der Waals surface area contributed by atoms with Crippen LogP contribution in [0.25, 0.3) is 5.69 Å². The maximum Gasteiger partial charge on any atom is 0.352 e. The summed E-state index contributed by atoms with van der Waals surface area (Å²) in [5.74, 6) is -0.611. The third-order valence-electron chi connectivity index (χ3n) is 5.13. The van der Waals surface area contributed by atoms with Gasteiger partial charge in [-0.2, -0.15) is 9.78 Å². The molecule has 0 saturated heterocycles. The standard InChI is InChI=1S/C19H23ClN4O6/c20-15-6-5-12(7-14(15)18(29)22-17(28)11-3-1-2-4-11)24-19(30)23(9-13(26)10-25)16(27)8-21-24/h5-8,11,13,17,25-26,28H,1-4,9-10H2,(H,22,29). The van der Waals surface area contributed by atoms with E-state index in [4.69, 9.17) is 16.7 Å². The predicted octanol–water partition coefficient (Wildman–Crippen LogP) is -0.361. The number of hydrogen-bond donors (Lipinski definition) is 4. The first-order chi connectivity index (χ1) is 14.3. The molecule has 2 unspecified atom stereocenters. The van der Waals surface area contributed by atoms with E-state index in [9.17, 15) is 24.6 Å². The minimum absolute atomic E-state index is 0.0123. The average molecular weight is 439 g/mol. The molecule has 30 heavy (non-hydrogen) atoms. The van der Waals surface area contributed by atoms with Gasteiger partial charge in [0.15, 0.2) is 0 Å². The highest BCUT2D eigenvalue weighted by Crippen LogP contribution is 2.27. The fraction of sp³-hybridized carbons (Fsp3) is 0.474.